The highest BCUT2D eigenvalue weighted by Gasteiger charge is 2.34. The first-order valence-corrected chi connectivity index (χ1v) is 11.5. The summed E-state index contributed by atoms with van der Waals surface area (Å²) in [5.74, 6) is 0.202. The Kier molecular flexibility index (Phi) is 7.43. The predicted molar refractivity (Wildman–Crippen MR) is 122 cm³/mol. The lowest BCUT2D eigenvalue weighted by Gasteiger charge is -2.24. The van der Waals surface area contributed by atoms with Crippen LogP contribution in [0.4, 0.5) is 5.82 Å². The molecule has 7 heteroatoms. The van der Waals surface area contributed by atoms with E-state index in [1.165, 1.54) is 12.0 Å². The molecule has 166 valence electrons. The second-order valence-electron chi connectivity index (χ2n) is 8.37. The lowest BCUT2D eigenvalue weighted by atomic mass is 10.1. The Labute approximate surface area is 188 Å². The highest BCUT2D eigenvalue weighted by atomic mass is 35.5. The SMILES string of the molecule is O=C(O)[C@H](c1cccc(Cl)c1)N1CC[C@@H](OCCCCc2ccc3c(n2)NCCC3)C1. The largest absolute Gasteiger partial charge is 0.480 e. The highest BCUT2D eigenvalue weighted by molar-refractivity contribution is 6.30. The van der Waals surface area contributed by atoms with Crippen LogP contribution in [0.3, 0.4) is 0 Å². The van der Waals surface area contributed by atoms with Crippen LogP contribution in [0, 0.1) is 0 Å². The van der Waals surface area contributed by atoms with Gasteiger partial charge in [-0.05, 0) is 67.9 Å². The Morgan fingerprint density at radius 3 is 3.06 bits per heavy atom. The molecule has 0 amide bonds. The fraction of sp³-hybridized carbons (Fsp3) is 0.500. The van der Waals surface area contributed by atoms with Gasteiger partial charge in [0.05, 0.1) is 6.10 Å². The highest BCUT2D eigenvalue weighted by Crippen LogP contribution is 2.28. The van der Waals surface area contributed by atoms with Crippen LogP contribution in [0.25, 0.3) is 0 Å². The molecular formula is C24H30ClN3O3. The van der Waals surface area contributed by atoms with Gasteiger partial charge < -0.3 is 15.2 Å². The molecule has 2 N–H and O–H groups in total. The molecule has 2 aliphatic rings. The Hall–Kier alpha value is -2.15. The minimum atomic E-state index is -0.852. The third kappa shape index (κ3) is 5.76. The van der Waals surface area contributed by atoms with Gasteiger partial charge in [0.1, 0.15) is 11.9 Å². The maximum atomic E-state index is 11.9. The number of unbranched alkanes of at least 4 members (excludes halogenated alkanes) is 1. The maximum Gasteiger partial charge on any atom is 0.325 e. The lowest BCUT2D eigenvalue weighted by Crippen LogP contribution is -2.33. The second kappa shape index (κ2) is 10.4. The van der Waals surface area contributed by atoms with E-state index in [2.05, 4.69) is 17.4 Å². The van der Waals surface area contributed by atoms with Crippen molar-refractivity contribution in [2.45, 2.75) is 50.7 Å². The summed E-state index contributed by atoms with van der Waals surface area (Å²) >= 11 is 6.06. The normalized spacial score (nSPS) is 19.6. The molecule has 1 saturated heterocycles. The zero-order chi connectivity index (χ0) is 21.6. The van der Waals surface area contributed by atoms with Crippen LogP contribution in [0.2, 0.25) is 5.02 Å². The van der Waals surface area contributed by atoms with Crippen LogP contribution in [-0.2, 0) is 22.4 Å². The first-order valence-electron chi connectivity index (χ1n) is 11.2. The van der Waals surface area contributed by atoms with Crippen LogP contribution < -0.4 is 5.32 Å². The number of rotatable bonds is 9. The average molecular weight is 444 g/mol. The fourth-order valence-corrected chi connectivity index (χ4v) is 4.68. The number of anilines is 1. The third-order valence-corrected chi connectivity index (χ3v) is 6.31. The molecule has 0 bridgehead atoms. The summed E-state index contributed by atoms with van der Waals surface area (Å²) in [5.41, 5.74) is 3.17. The molecule has 1 aromatic carbocycles. The van der Waals surface area contributed by atoms with Gasteiger partial charge in [-0.1, -0.05) is 29.8 Å². The summed E-state index contributed by atoms with van der Waals surface area (Å²) in [6.07, 6.45) is 6.17. The number of halogens is 1. The van der Waals surface area contributed by atoms with E-state index in [0.717, 1.165) is 50.2 Å². The summed E-state index contributed by atoms with van der Waals surface area (Å²) in [4.78, 5) is 18.6. The van der Waals surface area contributed by atoms with Crippen LogP contribution >= 0.6 is 11.6 Å². The molecule has 1 fully saturated rings. The van der Waals surface area contributed by atoms with Gasteiger partial charge in [0.2, 0.25) is 0 Å². The van der Waals surface area contributed by atoms with Crippen molar-refractivity contribution in [1.29, 1.82) is 0 Å². The summed E-state index contributed by atoms with van der Waals surface area (Å²) in [5, 5.41) is 13.7. The van der Waals surface area contributed by atoms with Gasteiger partial charge in [-0.3, -0.25) is 9.69 Å². The number of carboxylic acid groups (broad SMARTS) is 1. The first kappa shape index (κ1) is 22.1. The summed E-state index contributed by atoms with van der Waals surface area (Å²) in [7, 11) is 0. The van der Waals surface area contributed by atoms with Crippen LogP contribution in [0.5, 0.6) is 0 Å². The summed E-state index contributed by atoms with van der Waals surface area (Å²) in [6.45, 7) is 3.04. The maximum absolute atomic E-state index is 11.9. The quantitative estimate of drug-likeness (QED) is 0.562. The van der Waals surface area contributed by atoms with Gasteiger partial charge in [0.15, 0.2) is 0 Å². The van der Waals surface area contributed by atoms with Crippen LogP contribution in [-0.4, -0.2) is 53.3 Å². The number of carbonyl (C=O) groups is 1. The Bertz CT molecular complexity index is 907. The van der Waals surface area contributed by atoms with Crippen molar-refractivity contribution >= 4 is 23.4 Å². The molecular weight excluding hydrogens is 414 g/mol. The molecule has 0 radical (unpaired) electrons. The van der Waals surface area contributed by atoms with Crippen LogP contribution in [0.15, 0.2) is 36.4 Å². The Morgan fingerprint density at radius 1 is 1.32 bits per heavy atom. The molecule has 0 saturated carbocycles. The third-order valence-electron chi connectivity index (χ3n) is 6.07. The van der Waals surface area contributed by atoms with E-state index in [-0.39, 0.29) is 6.10 Å². The van der Waals surface area contributed by atoms with E-state index in [9.17, 15) is 9.90 Å². The number of nitrogens with one attached hydrogen (secondary N) is 1. The van der Waals surface area contributed by atoms with Crippen molar-refractivity contribution in [3.63, 3.8) is 0 Å². The van der Waals surface area contributed by atoms with E-state index in [1.807, 2.05) is 11.0 Å². The monoisotopic (exact) mass is 443 g/mol. The molecule has 4 rings (SSSR count). The molecule has 2 aromatic rings. The number of hydrogen-bond donors (Lipinski definition) is 2. The van der Waals surface area contributed by atoms with E-state index < -0.39 is 12.0 Å². The number of benzene rings is 1. The molecule has 2 atom stereocenters. The van der Waals surface area contributed by atoms with Gasteiger partial charge >= 0.3 is 5.97 Å². The Morgan fingerprint density at radius 2 is 2.23 bits per heavy atom. The fourth-order valence-electron chi connectivity index (χ4n) is 4.48. The second-order valence-corrected chi connectivity index (χ2v) is 8.81. The zero-order valence-electron chi connectivity index (χ0n) is 17.7. The Balaban J connectivity index is 1.20. The number of nitrogens with zero attached hydrogens (tertiary/aromatic N) is 2. The topological polar surface area (TPSA) is 74.7 Å². The molecule has 31 heavy (non-hydrogen) atoms. The minimum Gasteiger partial charge on any atom is -0.480 e. The van der Waals surface area contributed by atoms with E-state index in [4.69, 9.17) is 21.3 Å². The van der Waals surface area contributed by atoms with Crippen molar-refractivity contribution in [2.24, 2.45) is 0 Å². The van der Waals surface area contributed by atoms with E-state index >= 15 is 0 Å². The molecule has 6 nitrogen and oxygen atoms in total. The average Bonchev–Trinajstić information content (AvgIpc) is 3.21. The molecule has 0 spiro atoms. The van der Waals surface area contributed by atoms with E-state index in [1.54, 1.807) is 18.2 Å². The van der Waals surface area contributed by atoms with Crippen molar-refractivity contribution < 1.29 is 14.6 Å². The number of hydrogen-bond acceptors (Lipinski definition) is 5. The van der Waals surface area contributed by atoms with Crippen molar-refractivity contribution in [3.05, 3.63) is 58.2 Å². The van der Waals surface area contributed by atoms with Crippen molar-refractivity contribution in [3.8, 4) is 0 Å². The van der Waals surface area contributed by atoms with Gasteiger partial charge in [-0.25, -0.2) is 4.98 Å². The van der Waals surface area contributed by atoms with E-state index in [0.29, 0.717) is 30.3 Å². The number of likely N-dealkylation sites (tertiary alicyclic amines) is 1. The first-order chi connectivity index (χ1) is 15.1. The molecule has 3 heterocycles. The lowest BCUT2D eigenvalue weighted by molar-refractivity contribution is -0.143. The number of carboxylic acids is 1. The number of fused-ring (bicyclic) bond motifs is 1. The zero-order valence-corrected chi connectivity index (χ0v) is 18.5. The number of ether oxygens (including phenoxy) is 1. The summed E-state index contributed by atoms with van der Waals surface area (Å²) in [6, 6.07) is 10.8. The van der Waals surface area contributed by atoms with Crippen molar-refractivity contribution in [2.75, 3.05) is 31.6 Å². The number of aryl methyl sites for hydroxylation is 2. The molecule has 0 aliphatic carbocycles. The van der Waals surface area contributed by atoms with Gasteiger partial charge in [-0.15, -0.1) is 0 Å². The van der Waals surface area contributed by atoms with Gasteiger partial charge in [-0.2, -0.15) is 0 Å². The summed E-state index contributed by atoms with van der Waals surface area (Å²) < 4.78 is 6.06. The predicted octanol–water partition coefficient (Wildman–Crippen LogP) is 4.33. The van der Waals surface area contributed by atoms with Crippen LogP contribution in [0.1, 0.15) is 48.5 Å². The standard InChI is InChI=1S/C24H30ClN3O3/c25-19-7-3-5-18(15-19)22(24(29)30)28-13-11-21(16-28)31-14-2-1-8-20-10-9-17-6-4-12-26-23(17)27-20/h3,5,7,9-10,15,21-22H,1-2,4,6,8,11-14,16H2,(H,26,27)(H,29,30)/t21-,22+/m1/s1. The minimum absolute atomic E-state index is 0.0760. The molecule has 0 unspecified atom stereocenters. The number of aliphatic carboxylic acids is 1. The molecule has 2 aliphatic heterocycles. The van der Waals surface area contributed by atoms with Gasteiger partial charge in [0, 0.05) is 37.0 Å². The number of aromatic nitrogens is 1. The molecule has 1 aromatic heterocycles. The van der Waals surface area contributed by atoms with Crippen molar-refractivity contribution in [1.82, 2.24) is 9.88 Å². The number of pyridine rings is 1. The van der Waals surface area contributed by atoms with Gasteiger partial charge in [0.25, 0.3) is 0 Å². The smallest absolute Gasteiger partial charge is 0.325 e.